The first-order valence-electron chi connectivity index (χ1n) is 8.33. The quantitative estimate of drug-likeness (QED) is 0.715. The summed E-state index contributed by atoms with van der Waals surface area (Å²) in [6.07, 6.45) is 0.382. The van der Waals surface area contributed by atoms with Gasteiger partial charge in [0.1, 0.15) is 0 Å². The molecule has 28 heavy (non-hydrogen) atoms. The number of ether oxygens (including phenoxy) is 2. The Hall–Kier alpha value is -2.70. The van der Waals surface area contributed by atoms with Crippen LogP contribution in [-0.2, 0) is 16.0 Å². The lowest BCUT2D eigenvalue weighted by atomic mass is 10.1. The molecule has 0 atom stereocenters. The van der Waals surface area contributed by atoms with E-state index in [-0.39, 0.29) is 22.7 Å². The minimum absolute atomic E-state index is 0.0892. The lowest BCUT2D eigenvalue weighted by Crippen LogP contribution is -2.33. The molecule has 3 rings (SSSR count). The highest BCUT2D eigenvalue weighted by atomic mass is 35.5. The van der Waals surface area contributed by atoms with Gasteiger partial charge in [0, 0.05) is 17.1 Å². The van der Waals surface area contributed by atoms with Crippen LogP contribution in [0.4, 0.5) is 0 Å². The molecular formula is C20H17Cl2NO5. The minimum Gasteiger partial charge on any atom is -0.502 e. The van der Waals surface area contributed by atoms with Crippen molar-refractivity contribution in [3.8, 4) is 11.5 Å². The topological polar surface area (TPSA) is 76.1 Å². The van der Waals surface area contributed by atoms with Crippen molar-refractivity contribution in [2.45, 2.75) is 6.42 Å². The molecule has 8 heteroatoms. The molecule has 0 aromatic heterocycles. The van der Waals surface area contributed by atoms with Crippen LogP contribution in [0.25, 0.3) is 5.57 Å². The molecule has 2 amide bonds. The van der Waals surface area contributed by atoms with E-state index in [1.807, 2.05) is 6.07 Å². The number of rotatable bonds is 6. The van der Waals surface area contributed by atoms with E-state index in [0.29, 0.717) is 22.9 Å². The molecular weight excluding hydrogens is 405 g/mol. The Kier molecular flexibility index (Phi) is 5.82. The van der Waals surface area contributed by atoms with Crippen molar-refractivity contribution in [2.75, 3.05) is 20.8 Å². The lowest BCUT2D eigenvalue weighted by molar-refractivity contribution is -0.138. The second-order valence-electron chi connectivity index (χ2n) is 6.05. The van der Waals surface area contributed by atoms with Crippen LogP contribution < -0.4 is 9.47 Å². The fourth-order valence-corrected chi connectivity index (χ4v) is 3.48. The van der Waals surface area contributed by atoms with Gasteiger partial charge in [0.2, 0.25) is 0 Å². The van der Waals surface area contributed by atoms with Gasteiger partial charge in [-0.2, -0.15) is 0 Å². The molecule has 0 unspecified atom stereocenters. The molecule has 1 N–H and O–H groups in total. The molecule has 0 fully saturated rings. The van der Waals surface area contributed by atoms with E-state index in [1.165, 1.54) is 32.4 Å². The lowest BCUT2D eigenvalue weighted by Gasteiger charge is -2.15. The summed E-state index contributed by atoms with van der Waals surface area (Å²) in [5, 5.41) is 10.8. The molecule has 1 aliphatic heterocycles. The largest absolute Gasteiger partial charge is 0.502 e. The van der Waals surface area contributed by atoms with Crippen LogP contribution >= 0.6 is 23.2 Å². The van der Waals surface area contributed by atoms with E-state index in [0.717, 1.165) is 10.5 Å². The second kappa shape index (κ2) is 8.12. The van der Waals surface area contributed by atoms with Crippen molar-refractivity contribution in [1.29, 1.82) is 0 Å². The number of amides is 2. The van der Waals surface area contributed by atoms with E-state index in [1.54, 1.807) is 12.1 Å². The van der Waals surface area contributed by atoms with Crippen LogP contribution in [0.1, 0.15) is 11.1 Å². The predicted octanol–water partition coefficient (Wildman–Crippen LogP) is 3.89. The van der Waals surface area contributed by atoms with Crippen LogP contribution in [0.15, 0.2) is 42.2 Å². The standard InChI is InChI=1S/C20H17Cl2NO5/c1-27-15-6-3-11(9-16(15)28-2)7-8-23-19(25)17(18(24)20(23)26)13-5-4-12(21)10-14(13)22/h3-6,9-10,24H,7-8H2,1-2H3. The first-order valence-corrected chi connectivity index (χ1v) is 9.08. The Morgan fingerprint density at radius 3 is 2.32 bits per heavy atom. The summed E-state index contributed by atoms with van der Waals surface area (Å²) in [6, 6.07) is 9.82. The van der Waals surface area contributed by atoms with Gasteiger partial charge in [-0.1, -0.05) is 35.3 Å². The van der Waals surface area contributed by atoms with Gasteiger partial charge in [-0.25, -0.2) is 0 Å². The van der Waals surface area contributed by atoms with E-state index in [9.17, 15) is 14.7 Å². The van der Waals surface area contributed by atoms with Crippen LogP contribution in [0.2, 0.25) is 10.0 Å². The Morgan fingerprint density at radius 1 is 0.964 bits per heavy atom. The molecule has 1 aliphatic rings. The third kappa shape index (κ3) is 3.66. The van der Waals surface area contributed by atoms with Crippen molar-refractivity contribution in [3.05, 3.63) is 63.3 Å². The smallest absolute Gasteiger partial charge is 0.296 e. The molecule has 0 saturated heterocycles. The Bertz CT molecular complexity index is 987. The number of methoxy groups -OCH3 is 2. The second-order valence-corrected chi connectivity index (χ2v) is 6.89. The van der Waals surface area contributed by atoms with Gasteiger partial charge in [-0.3, -0.25) is 14.5 Å². The fourth-order valence-electron chi connectivity index (χ4n) is 2.98. The van der Waals surface area contributed by atoms with Gasteiger partial charge in [0.15, 0.2) is 17.3 Å². The van der Waals surface area contributed by atoms with Crippen LogP contribution in [0.3, 0.4) is 0 Å². The van der Waals surface area contributed by atoms with Crippen molar-refractivity contribution in [2.24, 2.45) is 0 Å². The van der Waals surface area contributed by atoms with E-state index in [2.05, 4.69) is 0 Å². The molecule has 2 aromatic rings. The molecule has 2 aromatic carbocycles. The summed E-state index contributed by atoms with van der Waals surface area (Å²) in [5.74, 6) is -0.854. The van der Waals surface area contributed by atoms with Crippen molar-refractivity contribution in [3.63, 3.8) is 0 Å². The number of nitrogens with zero attached hydrogens (tertiary/aromatic N) is 1. The van der Waals surface area contributed by atoms with E-state index < -0.39 is 17.6 Å². The number of aliphatic hydroxyl groups is 1. The SMILES string of the molecule is COc1ccc(CCN2C(=O)C(O)=C(c3ccc(Cl)cc3Cl)C2=O)cc1OC. The molecule has 0 radical (unpaired) electrons. The molecule has 1 heterocycles. The summed E-state index contributed by atoms with van der Waals surface area (Å²) >= 11 is 12.0. The van der Waals surface area contributed by atoms with E-state index >= 15 is 0 Å². The summed E-state index contributed by atoms with van der Waals surface area (Å²) in [6.45, 7) is 0.0892. The number of hydrogen-bond acceptors (Lipinski definition) is 5. The zero-order valence-electron chi connectivity index (χ0n) is 15.2. The number of benzene rings is 2. The number of hydrogen-bond donors (Lipinski definition) is 1. The van der Waals surface area contributed by atoms with Crippen LogP contribution in [-0.4, -0.2) is 42.6 Å². The number of halogens is 2. The van der Waals surface area contributed by atoms with Gasteiger partial charge < -0.3 is 14.6 Å². The number of carbonyl (C=O) groups is 2. The normalized spacial score (nSPS) is 14.1. The first kappa shape index (κ1) is 20.0. The number of imide groups is 1. The maximum absolute atomic E-state index is 12.8. The fraction of sp³-hybridized carbons (Fsp3) is 0.200. The third-order valence-corrected chi connectivity index (χ3v) is 4.96. The summed E-state index contributed by atoms with van der Waals surface area (Å²) < 4.78 is 10.5. The van der Waals surface area contributed by atoms with Gasteiger partial charge in [-0.15, -0.1) is 0 Å². The Balaban J connectivity index is 1.80. The highest BCUT2D eigenvalue weighted by Gasteiger charge is 2.39. The zero-order valence-corrected chi connectivity index (χ0v) is 16.7. The Morgan fingerprint density at radius 2 is 1.68 bits per heavy atom. The number of carbonyl (C=O) groups excluding carboxylic acids is 2. The van der Waals surface area contributed by atoms with Crippen molar-refractivity contribution >= 4 is 40.6 Å². The molecule has 0 spiro atoms. The third-order valence-electron chi connectivity index (χ3n) is 4.42. The Labute approximate surface area is 171 Å². The molecule has 0 saturated carbocycles. The van der Waals surface area contributed by atoms with Gasteiger partial charge in [0.25, 0.3) is 11.8 Å². The molecule has 146 valence electrons. The highest BCUT2D eigenvalue weighted by Crippen LogP contribution is 2.34. The van der Waals surface area contributed by atoms with Gasteiger partial charge in [-0.05, 0) is 36.2 Å². The van der Waals surface area contributed by atoms with E-state index in [4.69, 9.17) is 32.7 Å². The van der Waals surface area contributed by atoms with Crippen molar-refractivity contribution in [1.82, 2.24) is 4.90 Å². The maximum Gasteiger partial charge on any atom is 0.296 e. The average molecular weight is 422 g/mol. The maximum atomic E-state index is 12.8. The molecule has 6 nitrogen and oxygen atoms in total. The number of aliphatic hydroxyl groups excluding tert-OH is 1. The molecule has 0 bridgehead atoms. The van der Waals surface area contributed by atoms with Crippen LogP contribution in [0.5, 0.6) is 11.5 Å². The average Bonchev–Trinajstić information content (AvgIpc) is 2.89. The summed E-state index contributed by atoms with van der Waals surface area (Å²) in [5.41, 5.74) is 0.977. The van der Waals surface area contributed by atoms with Crippen LogP contribution in [0, 0.1) is 0 Å². The van der Waals surface area contributed by atoms with Gasteiger partial charge >= 0.3 is 0 Å². The molecule has 0 aliphatic carbocycles. The highest BCUT2D eigenvalue weighted by molar-refractivity contribution is 6.40. The first-order chi connectivity index (χ1) is 13.4. The van der Waals surface area contributed by atoms with Gasteiger partial charge in [0.05, 0.1) is 24.8 Å². The summed E-state index contributed by atoms with van der Waals surface area (Å²) in [4.78, 5) is 26.2. The minimum atomic E-state index is -0.758. The zero-order chi connectivity index (χ0) is 20.4. The monoisotopic (exact) mass is 421 g/mol. The summed E-state index contributed by atoms with van der Waals surface area (Å²) in [7, 11) is 3.07. The predicted molar refractivity (Wildman–Crippen MR) is 106 cm³/mol. The van der Waals surface area contributed by atoms with Crippen molar-refractivity contribution < 1.29 is 24.2 Å².